The fourth-order valence-corrected chi connectivity index (χ4v) is 4.01. The van der Waals surface area contributed by atoms with Gasteiger partial charge in [-0.3, -0.25) is 14.6 Å². The van der Waals surface area contributed by atoms with Crippen LogP contribution in [0.3, 0.4) is 0 Å². The Morgan fingerprint density at radius 3 is 2.60 bits per heavy atom. The summed E-state index contributed by atoms with van der Waals surface area (Å²) in [6, 6.07) is 7.85. The van der Waals surface area contributed by atoms with Crippen molar-refractivity contribution in [2.24, 2.45) is 10.9 Å². The van der Waals surface area contributed by atoms with Crippen molar-refractivity contribution in [1.82, 2.24) is 0 Å². The molecule has 5 heteroatoms. The molecule has 0 aromatic heterocycles. The zero-order chi connectivity index (χ0) is 18.0. The molecule has 0 saturated heterocycles. The summed E-state index contributed by atoms with van der Waals surface area (Å²) in [4.78, 5) is 30.2. The van der Waals surface area contributed by atoms with Gasteiger partial charge in [0.2, 0.25) is 0 Å². The average Bonchev–Trinajstić information content (AvgIpc) is 2.61. The lowest BCUT2D eigenvalue weighted by Crippen LogP contribution is -2.38. The largest absolute Gasteiger partial charge is 0.465 e. The molecule has 1 aromatic rings. The van der Waals surface area contributed by atoms with Gasteiger partial charge in [0, 0.05) is 33.8 Å². The van der Waals surface area contributed by atoms with Crippen molar-refractivity contribution >= 4 is 33.4 Å². The quantitative estimate of drug-likeness (QED) is 0.690. The maximum absolute atomic E-state index is 12.8. The summed E-state index contributed by atoms with van der Waals surface area (Å²) in [5.74, 6) is -1.00. The summed E-state index contributed by atoms with van der Waals surface area (Å²) in [6.07, 6.45) is 2.82. The average molecular weight is 404 g/mol. The van der Waals surface area contributed by atoms with Gasteiger partial charge in [0.15, 0.2) is 5.78 Å². The van der Waals surface area contributed by atoms with Crippen molar-refractivity contribution in [3.05, 3.63) is 45.6 Å². The standard InChI is InChI=1S/C20H22BrNO3/c1-3-14-19(20(24)25-4-2)17(12-8-10-13(21)11-9-12)18-15(22-14)6-5-7-16(18)23/h8-11,17,19H,3-7H2,1-2H3/t17-,19?/m1/s1. The van der Waals surface area contributed by atoms with E-state index in [-0.39, 0.29) is 17.7 Å². The van der Waals surface area contributed by atoms with Crippen LogP contribution in [0, 0.1) is 5.92 Å². The number of carbonyl (C=O) groups excluding carboxylic acids is 2. The molecule has 4 nitrogen and oxygen atoms in total. The van der Waals surface area contributed by atoms with Crippen LogP contribution < -0.4 is 0 Å². The molecule has 0 spiro atoms. The van der Waals surface area contributed by atoms with E-state index in [0.29, 0.717) is 25.0 Å². The van der Waals surface area contributed by atoms with Gasteiger partial charge in [-0.05, 0) is 43.9 Å². The third kappa shape index (κ3) is 3.47. The molecule has 0 bridgehead atoms. The molecular formula is C20H22BrNO3. The molecule has 2 aliphatic rings. The number of benzene rings is 1. The third-order valence-electron chi connectivity index (χ3n) is 4.84. The molecule has 1 unspecified atom stereocenters. The first-order valence-electron chi connectivity index (χ1n) is 8.82. The zero-order valence-corrected chi connectivity index (χ0v) is 16.1. The van der Waals surface area contributed by atoms with Crippen LogP contribution in [0.1, 0.15) is 51.0 Å². The van der Waals surface area contributed by atoms with Gasteiger partial charge in [-0.15, -0.1) is 0 Å². The van der Waals surface area contributed by atoms with E-state index in [1.807, 2.05) is 31.2 Å². The van der Waals surface area contributed by atoms with Crippen LogP contribution in [0.2, 0.25) is 0 Å². The molecule has 1 aromatic carbocycles. The molecule has 25 heavy (non-hydrogen) atoms. The Hall–Kier alpha value is -1.75. The number of hydrogen-bond acceptors (Lipinski definition) is 4. The Morgan fingerprint density at radius 1 is 1.24 bits per heavy atom. The second kappa shape index (κ2) is 7.65. The summed E-state index contributed by atoms with van der Waals surface area (Å²) in [6.45, 7) is 4.12. The summed E-state index contributed by atoms with van der Waals surface area (Å²) in [5.41, 5.74) is 3.36. The molecule has 1 heterocycles. The smallest absolute Gasteiger partial charge is 0.315 e. The third-order valence-corrected chi connectivity index (χ3v) is 5.37. The summed E-state index contributed by atoms with van der Waals surface area (Å²) < 4.78 is 6.31. The van der Waals surface area contributed by atoms with Crippen LogP contribution >= 0.6 is 15.9 Å². The number of aliphatic imine (C=N–C) groups is 1. The van der Waals surface area contributed by atoms with Gasteiger partial charge in [0.1, 0.15) is 5.92 Å². The minimum atomic E-state index is -0.521. The second-order valence-electron chi connectivity index (χ2n) is 6.35. The Morgan fingerprint density at radius 2 is 1.96 bits per heavy atom. The van der Waals surface area contributed by atoms with Gasteiger partial charge in [-0.1, -0.05) is 35.0 Å². The Labute approximate surface area is 156 Å². The number of rotatable bonds is 4. The number of esters is 1. The highest BCUT2D eigenvalue weighted by Crippen LogP contribution is 2.44. The van der Waals surface area contributed by atoms with Crippen molar-refractivity contribution in [1.29, 1.82) is 0 Å². The van der Waals surface area contributed by atoms with Gasteiger partial charge in [-0.25, -0.2) is 0 Å². The van der Waals surface area contributed by atoms with Gasteiger partial charge in [0.05, 0.1) is 6.61 Å². The predicted molar refractivity (Wildman–Crippen MR) is 101 cm³/mol. The lowest BCUT2D eigenvalue weighted by atomic mass is 9.71. The van der Waals surface area contributed by atoms with Crippen LogP contribution in [0.5, 0.6) is 0 Å². The van der Waals surface area contributed by atoms with E-state index >= 15 is 0 Å². The van der Waals surface area contributed by atoms with E-state index in [4.69, 9.17) is 9.73 Å². The van der Waals surface area contributed by atoms with Gasteiger partial charge in [-0.2, -0.15) is 0 Å². The van der Waals surface area contributed by atoms with E-state index < -0.39 is 5.92 Å². The maximum atomic E-state index is 12.8. The van der Waals surface area contributed by atoms with E-state index in [2.05, 4.69) is 15.9 Å². The van der Waals surface area contributed by atoms with E-state index in [0.717, 1.165) is 34.3 Å². The van der Waals surface area contributed by atoms with E-state index in [9.17, 15) is 9.59 Å². The maximum Gasteiger partial charge on any atom is 0.315 e. The first-order chi connectivity index (χ1) is 12.1. The Bertz CT molecular complexity index is 749. The number of hydrogen-bond donors (Lipinski definition) is 0. The first-order valence-corrected chi connectivity index (χ1v) is 9.61. The minimum absolute atomic E-state index is 0.113. The van der Waals surface area contributed by atoms with Crippen LogP contribution in [-0.2, 0) is 14.3 Å². The van der Waals surface area contributed by atoms with Crippen LogP contribution in [-0.4, -0.2) is 24.1 Å². The number of halogens is 1. The summed E-state index contributed by atoms with van der Waals surface area (Å²) >= 11 is 3.45. The highest BCUT2D eigenvalue weighted by atomic mass is 79.9. The normalized spacial score (nSPS) is 23.2. The molecule has 0 fully saturated rings. The summed E-state index contributed by atoms with van der Waals surface area (Å²) in [7, 11) is 0. The van der Waals surface area contributed by atoms with Gasteiger partial charge < -0.3 is 4.74 Å². The topological polar surface area (TPSA) is 55.7 Å². The highest BCUT2D eigenvalue weighted by Gasteiger charge is 2.43. The van der Waals surface area contributed by atoms with E-state index in [1.54, 1.807) is 6.92 Å². The number of allylic oxidation sites excluding steroid dienone is 2. The lowest BCUT2D eigenvalue weighted by molar-refractivity contribution is -0.146. The Balaban J connectivity index is 2.16. The molecular weight excluding hydrogens is 382 g/mol. The number of nitrogens with zero attached hydrogens (tertiary/aromatic N) is 1. The van der Waals surface area contributed by atoms with Gasteiger partial charge in [0.25, 0.3) is 0 Å². The van der Waals surface area contributed by atoms with E-state index in [1.165, 1.54) is 0 Å². The fraction of sp³-hybridized carbons (Fsp3) is 0.450. The Kier molecular flexibility index (Phi) is 5.52. The van der Waals surface area contributed by atoms with Crippen molar-refractivity contribution in [3.63, 3.8) is 0 Å². The minimum Gasteiger partial charge on any atom is -0.465 e. The molecule has 1 aliphatic carbocycles. The molecule has 2 atom stereocenters. The van der Waals surface area contributed by atoms with Crippen LogP contribution in [0.4, 0.5) is 0 Å². The molecule has 132 valence electrons. The molecule has 0 radical (unpaired) electrons. The van der Waals surface area contributed by atoms with Crippen LogP contribution in [0.15, 0.2) is 45.0 Å². The number of ether oxygens (including phenoxy) is 1. The molecule has 1 aliphatic heterocycles. The predicted octanol–water partition coefficient (Wildman–Crippen LogP) is 4.58. The van der Waals surface area contributed by atoms with Gasteiger partial charge >= 0.3 is 5.97 Å². The molecule has 0 amide bonds. The fourth-order valence-electron chi connectivity index (χ4n) is 3.75. The molecule has 3 rings (SSSR count). The SMILES string of the molecule is CCOC(=O)C1C(CC)=NC2=C(C(=O)CCC2)[C@H]1c1ccc(Br)cc1. The lowest BCUT2D eigenvalue weighted by Gasteiger charge is -2.35. The van der Waals surface area contributed by atoms with Crippen molar-refractivity contribution in [2.75, 3.05) is 6.61 Å². The molecule has 0 saturated carbocycles. The monoisotopic (exact) mass is 403 g/mol. The number of carbonyl (C=O) groups is 2. The van der Waals surface area contributed by atoms with Crippen molar-refractivity contribution < 1.29 is 14.3 Å². The number of Topliss-reactive ketones (excluding diaryl/α,β-unsaturated/α-hetero) is 1. The molecule has 0 N–H and O–H groups in total. The second-order valence-corrected chi connectivity index (χ2v) is 7.27. The van der Waals surface area contributed by atoms with Crippen molar-refractivity contribution in [2.45, 2.75) is 45.4 Å². The van der Waals surface area contributed by atoms with Crippen LogP contribution in [0.25, 0.3) is 0 Å². The highest BCUT2D eigenvalue weighted by molar-refractivity contribution is 9.10. The first kappa shape index (κ1) is 18.1. The zero-order valence-electron chi connectivity index (χ0n) is 14.5. The summed E-state index contributed by atoms with van der Waals surface area (Å²) in [5, 5.41) is 0. The van der Waals surface area contributed by atoms with Crippen molar-refractivity contribution in [3.8, 4) is 0 Å². The number of ketones is 1.